The first-order valence-electron chi connectivity index (χ1n) is 9.26. The number of halogens is 3. The summed E-state index contributed by atoms with van der Waals surface area (Å²) in [7, 11) is 1.53. The third-order valence-corrected chi connectivity index (χ3v) is 6.46. The average molecular weight is 457 g/mol. The number of rotatable bonds is 3. The van der Waals surface area contributed by atoms with Crippen LogP contribution in [-0.4, -0.2) is 66.6 Å². The van der Waals surface area contributed by atoms with Gasteiger partial charge in [0.1, 0.15) is 11.9 Å². The van der Waals surface area contributed by atoms with Crippen molar-refractivity contribution in [3.63, 3.8) is 0 Å². The van der Waals surface area contributed by atoms with E-state index in [2.05, 4.69) is 9.88 Å². The number of nitrogens with zero attached hydrogens (tertiary/aromatic N) is 3. The number of benzene rings is 1. The summed E-state index contributed by atoms with van der Waals surface area (Å²) in [6.45, 7) is 3.14. The molecule has 2 atom stereocenters. The summed E-state index contributed by atoms with van der Waals surface area (Å²) in [6, 6.07) is 7.11. The fourth-order valence-electron chi connectivity index (χ4n) is 3.76. The van der Waals surface area contributed by atoms with Gasteiger partial charge in [-0.25, -0.2) is 0 Å². The minimum Gasteiger partial charge on any atom is -0.495 e. The molecule has 4 rings (SSSR count). The number of methoxy groups -OCH3 is 1. The maximum atomic E-state index is 13.0. The zero-order chi connectivity index (χ0) is 20.5. The Hall–Kier alpha value is -1.57. The van der Waals surface area contributed by atoms with Gasteiger partial charge in [-0.1, -0.05) is 40.9 Å². The van der Waals surface area contributed by atoms with Gasteiger partial charge in [-0.05, 0) is 18.2 Å². The average Bonchev–Trinajstić information content (AvgIpc) is 2.74. The van der Waals surface area contributed by atoms with Crippen LogP contribution in [0.1, 0.15) is 22.2 Å². The molecule has 2 aliphatic heterocycles. The number of piperazine rings is 1. The van der Waals surface area contributed by atoms with E-state index in [1.807, 2.05) is 4.90 Å². The molecule has 1 amide bonds. The largest absolute Gasteiger partial charge is 0.495 e. The van der Waals surface area contributed by atoms with Gasteiger partial charge >= 0.3 is 0 Å². The molecule has 29 heavy (non-hydrogen) atoms. The van der Waals surface area contributed by atoms with E-state index in [-0.39, 0.29) is 18.1 Å². The molecule has 154 valence electrons. The SMILES string of the molecule is COc1cccc(C(=O)N2CCN3C[C@H](c4cc(Cl)c(Cl)cn4)OC[C@H]3C2)c1Cl. The van der Waals surface area contributed by atoms with Gasteiger partial charge in [0, 0.05) is 32.4 Å². The number of amides is 1. The topological polar surface area (TPSA) is 54.9 Å². The highest BCUT2D eigenvalue weighted by Gasteiger charge is 2.36. The molecular formula is C20H20Cl3N3O3. The Morgan fingerprint density at radius 1 is 1.21 bits per heavy atom. The molecule has 0 saturated carbocycles. The molecular weight excluding hydrogens is 437 g/mol. The highest BCUT2D eigenvalue weighted by atomic mass is 35.5. The van der Waals surface area contributed by atoms with E-state index < -0.39 is 0 Å². The van der Waals surface area contributed by atoms with Gasteiger partial charge in [-0.3, -0.25) is 14.7 Å². The second kappa shape index (κ2) is 8.66. The van der Waals surface area contributed by atoms with E-state index in [9.17, 15) is 4.79 Å². The monoisotopic (exact) mass is 455 g/mol. The first kappa shape index (κ1) is 20.7. The van der Waals surface area contributed by atoms with Crippen LogP contribution in [0.3, 0.4) is 0 Å². The van der Waals surface area contributed by atoms with E-state index in [0.29, 0.717) is 52.6 Å². The number of carbonyl (C=O) groups is 1. The summed E-state index contributed by atoms with van der Waals surface area (Å²) in [5.41, 5.74) is 1.22. The van der Waals surface area contributed by atoms with Gasteiger partial charge in [-0.2, -0.15) is 0 Å². The van der Waals surface area contributed by atoms with E-state index >= 15 is 0 Å². The number of ether oxygens (including phenoxy) is 2. The number of hydrogen-bond acceptors (Lipinski definition) is 5. The van der Waals surface area contributed by atoms with E-state index in [1.165, 1.54) is 7.11 Å². The summed E-state index contributed by atoms with van der Waals surface area (Å²) in [5.74, 6) is 0.399. The number of pyridine rings is 1. The first-order chi connectivity index (χ1) is 14.0. The molecule has 2 saturated heterocycles. The molecule has 0 spiro atoms. The summed E-state index contributed by atoms with van der Waals surface area (Å²) in [6.07, 6.45) is 1.37. The van der Waals surface area contributed by atoms with Crippen molar-refractivity contribution in [2.24, 2.45) is 0 Å². The molecule has 9 heteroatoms. The lowest BCUT2D eigenvalue weighted by atomic mass is 10.1. The standard InChI is InChI=1S/C20H20Cl3N3O3/c1-28-17-4-2-3-13(19(17)23)20(27)26-6-5-25-10-18(29-11-12(25)9-26)16-7-14(21)15(22)8-24-16/h2-4,7-8,12,18H,5-6,9-11H2,1H3/t12-,18-/m1/s1. The highest BCUT2D eigenvalue weighted by molar-refractivity contribution is 6.41. The highest BCUT2D eigenvalue weighted by Crippen LogP contribution is 2.32. The normalized spacial score (nSPS) is 22.3. The van der Waals surface area contributed by atoms with Crippen LogP contribution in [0.2, 0.25) is 15.1 Å². The van der Waals surface area contributed by atoms with Crippen LogP contribution in [0.15, 0.2) is 30.5 Å². The molecule has 1 aromatic heterocycles. The Kier molecular flexibility index (Phi) is 6.18. The van der Waals surface area contributed by atoms with Gasteiger partial charge < -0.3 is 14.4 Å². The predicted molar refractivity (Wildman–Crippen MR) is 112 cm³/mol. The first-order valence-corrected chi connectivity index (χ1v) is 10.4. The third kappa shape index (κ3) is 4.18. The smallest absolute Gasteiger partial charge is 0.255 e. The van der Waals surface area contributed by atoms with Crippen LogP contribution in [-0.2, 0) is 4.74 Å². The van der Waals surface area contributed by atoms with E-state index in [4.69, 9.17) is 44.3 Å². The van der Waals surface area contributed by atoms with E-state index in [1.54, 1.807) is 30.5 Å². The van der Waals surface area contributed by atoms with Gasteiger partial charge in [0.15, 0.2) is 0 Å². The van der Waals surface area contributed by atoms with Crippen LogP contribution in [0, 0.1) is 0 Å². The zero-order valence-electron chi connectivity index (χ0n) is 15.8. The van der Waals surface area contributed by atoms with Crippen LogP contribution in [0.25, 0.3) is 0 Å². The molecule has 0 N–H and O–H groups in total. The molecule has 0 bridgehead atoms. The van der Waals surface area contributed by atoms with Gasteiger partial charge in [0.25, 0.3) is 5.91 Å². The number of morpholine rings is 1. The van der Waals surface area contributed by atoms with Crippen LogP contribution >= 0.6 is 34.8 Å². The van der Waals surface area contributed by atoms with Crippen molar-refractivity contribution in [1.82, 2.24) is 14.8 Å². The molecule has 0 radical (unpaired) electrons. The van der Waals surface area contributed by atoms with Crippen molar-refractivity contribution < 1.29 is 14.3 Å². The van der Waals surface area contributed by atoms with Crippen molar-refractivity contribution in [1.29, 1.82) is 0 Å². The lowest BCUT2D eigenvalue weighted by Crippen LogP contribution is -2.59. The number of fused-ring (bicyclic) bond motifs is 1. The Bertz CT molecular complexity index is 927. The molecule has 0 aliphatic carbocycles. The fraction of sp³-hybridized carbons (Fsp3) is 0.400. The molecule has 6 nitrogen and oxygen atoms in total. The van der Waals surface area contributed by atoms with Crippen LogP contribution in [0.4, 0.5) is 0 Å². The maximum absolute atomic E-state index is 13.0. The van der Waals surface area contributed by atoms with Crippen molar-refractivity contribution in [2.75, 3.05) is 39.9 Å². The zero-order valence-corrected chi connectivity index (χ0v) is 18.0. The Labute approximate surface area is 184 Å². The summed E-state index contributed by atoms with van der Waals surface area (Å²) in [4.78, 5) is 21.5. The van der Waals surface area contributed by atoms with Crippen LogP contribution in [0.5, 0.6) is 5.75 Å². The van der Waals surface area contributed by atoms with Crippen molar-refractivity contribution in [2.45, 2.75) is 12.1 Å². The summed E-state index contributed by atoms with van der Waals surface area (Å²) in [5, 5.41) is 1.23. The fourth-order valence-corrected chi connectivity index (χ4v) is 4.30. The van der Waals surface area contributed by atoms with Crippen molar-refractivity contribution >= 4 is 40.7 Å². The van der Waals surface area contributed by atoms with Gasteiger partial charge in [0.2, 0.25) is 0 Å². The van der Waals surface area contributed by atoms with E-state index in [0.717, 1.165) is 12.2 Å². The summed E-state index contributed by atoms with van der Waals surface area (Å²) >= 11 is 18.4. The quantitative estimate of drug-likeness (QED) is 0.700. The Morgan fingerprint density at radius 2 is 2.03 bits per heavy atom. The molecule has 3 heterocycles. The minimum atomic E-state index is -0.170. The molecule has 1 aromatic carbocycles. The second-order valence-corrected chi connectivity index (χ2v) is 8.26. The maximum Gasteiger partial charge on any atom is 0.255 e. The molecule has 2 fully saturated rings. The van der Waals surface area contributed by atoms with Gasteiger partial charge in [-0.15, -0.1) is 0 Å². The lowest BCUT2D eigenvalue weighted by molar-refractivity contribution is -0.0872. The van der Waals surface area contributed by atoms with Crippen LogP contribution < -0.4 is 4.74 Å². The molecule has 0 unspecified atom stereocenters. The lowest BCUT2D eigenvalue weighted by Gasteiger charge is -2.46. The van der Waals surface area contributed by atoms with Crippen molar-refractivity contribution in [3.8, 4) is 5.75 Å². The second-order valence-electron chi connectivity index (χ2n) is 7.07. The minimum absolute atomic E-state index is 0.0955. The Balaban J connectivity index is 1.43. The summed E-state index contributed by atoms with van der Waals surface area (Å²) < 4.78 is 11.3. The van der Waals surface area contributed by atoms with Gasteiger partial charge in [0.05, 0.1) is 46.1 Å². The number of hydrogen-bond donors (Lipinski definition) is 0. The molecule has 2 aliphatic rings. The third-order valence-electron chi connectivity index (χ3n) is 5.36. The molecule has 2 aromatic rings. The Morgan fingerprint density at radius 3 is 2.79 bits per heavy atom. The number of carbonyl (C=O) groups excluding carboxylic acids is 1. The number of aromatic nitrogens is 1. The van der Waals surface area contributed by atoms with Crippen molar-refractivity contribution in [3.05, 3.63) is 56.8 Å². The predicted octanol–water partition coefficient (Wildman–Crippen LogP) is 3.95.